The van der Waals surface area contributed by atoms with Gasteiger partial charge in [-0.25, -0.2) is 15.0 Å². The second-order valence-electron chi connectivity index (χ2n) is 17.6. The lowest BCUT2D eigenvalue weighted by molar-refractivity contribution is 1.08. The van der Waals surface area contributed by atoms with E-state index in [2.05, 4.69) is 236 Å². The van der Waals surface area contributed by atoms with Crippen molar-refractivity contribution in [1.82, 2.24) is 33.1 Å². The van der Waals surface area contributed by atoms with Gasteiger partial charge < -0.3 is 4.57 Å². The molecule has 0 atom stereocenters. The molecule has 0 unspecified atom stereocenters. The molecular weight excluding hydrogens is 831 g/mol. The first-order valence-electron chi connectivity index (χ1n) is 23.0. The van der Waals surface area contributed by atoms with Crippen LogP contribution in [0.5, 0.6) is 0 Å². The van der Waals surface area contributed by atoms with Crippen LogP contribution in [0.1, 0.15) is 0 Å². The van der Waals surface area contributed by atoms with Crippen LogP contribution in [0.25, 0.3) is 133 Å². The summed E-state index contributed by atoms with van der Waals surface area (Å²) in [4.78, 5) is 15.8. The molecule has 0 radical (unpaired) electrons. The highest BCUT2D eigenvalue weighted by molar-refractivity contribution is 6.19. The third kappa shape index (κ3) is 5.21. The van der Waals surface area contributed by atoms with Crippen LogP contribution in [0.3, 0.4) is 0 Å². The Labute approximate surface area is 388 Å². The maximum absolute atomic E-state index is 5.36. The smallest absolute Gasteiger partial charge is 0.146 e. The first-order valence-corrected chi connectivity index (χ1v) is 23.0. The Kier molecular flexibility index (Phi) is 7.65. The molecule has 6 aromatic heterocycles. The molecule has 0 saturated carbocycles. The molecule has 0 saturated heterocycles. The third-order valence-corrected chi connectivity index (χ3v) is 14.0. The van der Waals surface area contributed by atoms with Crippen LogP contribution in [0.15, 0.2) is 225 Å². The normalized spacial score (nSPS) is 12.1. The van der Waals surface area contributed by atoms with Gasteiger partial charge in [-0.3, -0.25) is 13.5 Å². The molecular formula is C61H37N7. The van der Waals surface area contributed by atoms with Gasteiger partial charge >= 0.3 is 0 Å². The summed E-state index contributed by atoms with van der Waals surface area (Å²) in [5.41, 5.74) is 15.8. The fourth-order valence-electron chi connectivity index (χ4n) is 11.1. The second kappa shape index (κ2) is 14.1. The van der Waals surface area contributed by atoms with Crippen LogP contribution < -0.4 is 0 Å². The quantitative estimate of drug-likeness (QED) is 0.162. The van der Waals surface area contributed by atoms with Crippen molar-refractivity contribution in [1.29, 1.82) is 0 Å². The zero-order valence-corrected chi connectivity index (χ0v) is 36.5. The highest BCUT2D eigenvalue weighted by atomic mass is 15.1. The molecule has 0 N–H and O–H groups in total. The van der Waals surface area contributed by atoms with Crippen LogP contribution in [0, 0.1) is 0 Å². The van der Waals surface area contributed by atoms with Gasteiger partial charge in [0, 0.05) is 55.2 Å². The Morgan fingerprint density at radius 2 is 0.926 bits per heavy atom. The number of rotatable bonds is 5. The van der Waals surface area contributed by atoms with Gasteiger partial charge in [0.15, 0.2) is 0 Å². The number of pyridine rings is 2. The van der Waals surface area contributed by atoms with E-state index in [0.29, 0.717) is 0 Å². The molecule has 15 aromatic rings. The summed E-state index contributed by atoms with van der Waals surface area (Å²) < 4.78 is 9.38. The lowest BCUT2D eigenvalue weighted by Crippen LogP contribution is -2.01. The molecule has 0 bridgehead atoms. The number of nitrogens with zero attached hydrogens (tertiary/aromatic N) is 7. The molecule has 15 rings (SSSR count). The third-order valence-electron chi connectivity index (χ3n) is 14.0. The number of imidazole rings is 2. The van der Waals surface area contributed by atoms with Gasteiger partial charge in [0.25, 0.3) is 0 Å². The molecule has 9 aromatic carbocycles. The topological polar surface area (TPSA) is 57.9 Å². The van der Waals surface area contributed by atoms with E-state index in [-0.39, 0.29) is 0 Å². The zero-order valence-electron chi connectivity index (χ0n) is 36.5. The highest BCUT2D eigenvalue weighted by Crippen LogP contribution is 2.42. The van der Waals surface area contributed by atoms with Crippen molar-refractivity contribution in [2.75, 3.05) is 0 Å². The molecule has 0 aliphatic heterocycles. The van der Waals surface area contributed by atoms with Crippen molar-refractivity contribution in [2.24, 2.45) is 0 Å². The molecule has 0 spiro atoms. The molecule has 68 heavy (non-hydrogen) atoms. The Morgan fingerprint density at radius 1 is 0.324 bits per heavy atom. The minimum absolute atomic E-state index is 0.835. The molecule has 7 nitrogen and oxygen atoms in total. The van der Waals surface area contributed by atoms with Crippen molar-refractivity contribution >= 4 is 93.0 Å². The van der Waals surface area contributed by atoms with Gasteiger partial charge in [0.1, 0.15) is 22.8 Å². The van der Waals surface area contributed by atoms with Gasteiger partial charge in [-0.05, 0) is 71.6 Å². The van der Waals surface area contributed by atoms with E-state index in [0.717, 1.165) is 100 Å². The van der Waals surface area contributed by atoms with E-state index in [1.54, 1.807) is 0 Å². The van der Waals surface area contributed by atoms with E-state index < -0.39 is 0 Å². The second-order valence-corrected chi connectivity index (χ2v) is 17.6. The largest absolute Gasteiger partial charge is 0.309 e. The number of hydrogen-bond donors (Lipinski definition) is 0. The number of fused-ring (bicyclic) bond motifs is 15. The first kappa shape index (κ1) is 36.9. The summed E-state index contributed by atoms with van der Waals surface area (Å²) >= 11 is 0. The average Bonchev–Trinajstić information content (AvgIpc) is 4.16. The maximum Gasteiger partial charge on any atom is 0.146 e. The van der Waals surface area contributed by atoms with Crippen molar-refractivity contribution in [2.45, 2.75) is 0 Å². The van der Waals surface area contributed by atoms with Crippen LogP contribution in [-0.4, -0.2) is 33.1 Å². The minimum Gasteiger partial charge on any atom is -0.309 e. The summed E-state index contributed by atoms with van der Waals surface area (Å²) in [5, 5.41) is 8.24. The van der Waals surface area contributed by atoms with Crippen LogP contribution in [0.4, 0.5) is 0 Å². The van der Waals surface area contributed by atoms with Crippen LogP contribution in [0.2, 0.25) is 0 Å². The predicted molar refractivity (Wildman–Crippen MR) is 280 cm³/mol. The van der Waals surface area contributed by atoms with Crippen LogP contribution in [-0.2, 0) is 0 Å². The van der Waals surface area contributed by atoms with Gasteiger partial charge in [-0.2, -0.15) is 0 Å². The Balaban J connectivity index is 0.971. The number of para-hydroxylation sites is 6. The number of aromatic nitrogens is 7. The lowest BCUT2D eigenvalue weighted by atomic mass is 10.0. The van der Waals surface area contributed by atoms with E-state index in [4.69, 9.17) is 15.0 Å². The highest BCUT2D eigenvalue weighted by Gasteiger charge is 2.22. The van der Waals surface area contributed by atoms with Crippen LogP contribution >= 0.6 is 0 Å². The van der Waals surface area contributed by atoms with Gasteiger partial charge in [0.2, 0.25) is 0 Å². The van der Waals surface area contributed by atoms with E-state index in [1.807, 2.05) is 6.20 Å². The molecule has 6 heterocycles. The molecule has 7 heteroatoms. The molecule has 0 aliphatic carbocycles. The summed E-state index contributed by atoms with van der Waals surface area (Å²) in [5.74, 6) is 1.72. The van der Waals surface area contributed by atoms with E-state index in [9.17, 15) is 0 Å². The Bertz CT molecular complexity index is 4570. The molecule has 0 fully saturated rings. The molecule has 0 amide bonds. The average molecular weight is 868 g/mol. The summed E-state index contributed by atoms with van der Waals surface area (Å²) in [6.45, 7) is 0. The summed E-state index contributed by atoms with van der Waals surface area (Å²) in [7, 11) is 0. The fourth-order valence-corrected chi connectivity index (χ4v) is 11.1. The molecule has 0 aliphatic rings. The Hall–Kier alpha value is -9.33. The fraction of sp³-hybridized carbons (Fsp3) is 0. The predicted octanol–water partition coefficient (Wildman–Crippen LogP) is 15.1. The van der Waals surface area contributed by atoms with Crippen molar-refractivity contribution in [3.63, 3.8) is 0 Å². The van der Waals surface area contributed by atoms with Crippen molar-refractivity contribution < 1.29 is 0 Å². The summed E-state index contributed by atoms with van der Waals surface area (Å²) in [6.07, 6.45) is 1.94. The standard InChI is InChI=1S/C61H37N7/c1-2-17-38(18-3-1)41-21-6-11-28-51(41)67-55-32-15-10-27-49(55)63-60(67)39-19-16-20-40(33-39)65-52-29-12-8-24-44(52)47-34-48-45-25-9-13-30-53(45)66(57(48)35-56(47)65)59-36-58-50(37-62-59)64-61-46-26-5-4-22-42(46)43-23-7-14-31-54(43)68(58)61/h1-37H. The number of hydrogen-bond acceptors (Lipinski definition) is 3. The van der Waals surface area contributed by atoms with Gasteiger partial charge in [0.05, 0.1) is 56.0 Å². The lowest BCUT2D eigenvalue weighted by Gasteiger charge is -2.16. The molecule has 316 valence electrons. The summed E-state index contributed by atoms with van der Waals surface area (Å²) in [6, 6.07) is 78.2. The minimum atomic E-state index is 0.835. The van der Waals surface area contributed by atoms with Crippen molar-refractivity contribution in [3.05, 3.63) is 225 Å². The number of benzene rings is 9. The monoisotopic (exact) mass is 867 g/mol. The Morgan fingerprint density at radius 3 is 1.72 bits per heavy atom. The van der Waals surface area contributed by atoms with Gasteiger partial charge in [-0.15, -0.1) is 0 Å². The first-order chi connectivity index (χ1) is 33.7. The van der Waals surface area contributed by atoms with E-state index >= 15 is 0 Å². The SMILES string of the molecule is c1ccc(-c2ccccc2-n2c(-c3cccc(-n4c5ccccc5c5cc6c7ccccc7n(-c7cc8c(cn7)nc7c9ccccc9c9ccccc9n87)c6cc54)c3)nc3ccccc32)cc1. The maximum atomic E-state index is 5.36. The van der Waals surface area contributed by atoms with Gasteiger partial charge in [-0.1, -0.05) is 152 Å². The van der Waals surface area contributed by atoms with Crippen molar-refractivity contribution in [3.8, 4) is 39.7 Å². The zero-order chi connectivity index (χ0) is 44.5. The van der Waals surface area contributed by atoms with E-state index in [1.165, 1.54) is 32.3 Å².